The van der Waals surface area contributed by atoms with E-state index >= 15 is 0 Å². The van der Waals surface area contributed by atoms with Gasteiger partial charge >= 0.3 is 0 Å². The molecule has 0 aromatic rings. The average molecular weight is 282 g/mol. The first-order chi connectivity index (χ1) is 9.95. The largest absolute Gasteiger partial charge is 0.314 e. The molecule has 1 saturated carbocycles. The molecule has 4 heteroatoms. The molecule has 118 valence electrons. The summed E-state index contributed by atoms with van der Waals surface area (Å²) in [6, 6.07) is 0. The molecular formula is C16H34N4. The SMILES string of the molecule is C1CCC(CCN2CCNCC2)CC1.C1CNCCN1. The predicted octanol–water partition coefficient (Wildman–Crippen LogP) is 1.04. The Morgan fingerprint density at radius 2 is 1.25 bits per heavy atom. The van der Waals surface area contributed by atoms with E-state index in [0.29, 0.717) is 0 Å². The second kappa shape index (κ2) is 10.6. The summed E-state index contributed by atoms with van der Waals surface area (Å²) < 4.78 is 0. The zero-order chi connectivity index (χ0) is 13.9. The molecule has 0 aromatic carbocycles. The van der Waals surface area contributed by atoms with Crippen LogP contribution >= 0.6 is 0 Å². The van der Waals surface area contributed by atoms with Gasteiger partial charge in [0, 0.05) is 52.4 Å². The highest BCUT2D eigenvalue weighted by atomic mass is 15.2. The van der Waals surface area contributed by atoms with Crippen molar-refractivity contribution in [2.75, 3.05) is 58.9 Å². The van der Waals surface area contributed by atoms with Crippen molar-refractivity contribution in [2.45, 2.75) is 38.5 Å². The van der Waals surface area contributed by atoms with Crippen LogP contribution in [-0.2, 0) is 0 Å². The van der Waals surface area contributed by atoms with E-state index in [1.165, 1.54) is 71.2 Å². The first-order valence-electron chi connectivity index (χ1n) is 8.79. The van der Waals surface area contributed by atoms with E-state index < -0.39 is 0 Å². The molecular weight excluding hydrogens is 248 g/mol. The van der Waals surface area contributed by atoms with Crippen LogP contribution in [0.3, 0.4) is 0 Å². The van der Waals surface area contributed by atoms with Gasteiger partial charge in [0.15, 0.2) is 0 Å². The Morgan fingerprint density at radius 1 is 0.700 bits per heavy atom. The molecule has 2 aliphatic heterocycles. The Kier molecular flexibility index (Phi) is 8.55. The molecule has 0 spiro atoms. The van der Waals surface area contributed by atoms with Crippen LogP contribution in [0.15, 0.2) is 0 Å². The normalized spacial score (nSPS) is 25.8. The van der Waals surface area contributed by atoms with E-state index in [1.54, 1.807) is 0 Å². The molecule has 1 aliphatic carbocycles. The molecule has 3 N–H and O–H groups in total. The maximum atomic E-state index is 3.41. The summed E-state index contributed by atoms with van der Waals surface area (Å²) in [6.45, 7) is 10.8. The zero-order valence-electron chi connectivity index (χ0n) is 13.1. The van der Waals surface area contributed by atoms with Crippen LogP contribution in [0.2, 0.25) is 0 Å². The molecule has 0 aromatic heterocycles. The van der Waals surface area contributed by atoms with Crippen LogP contribution in [0.25, 0.3) is 0 Å². The molecule has 3 rings (SSSR count). The van der Waals surface area contributed by atoms with Gasteiger partial charge in [-0.25, -0.2) is 0 Å². The summed E-state index contributed by atoms with van der Waals surface area (Å²) in [7, 11) is 0. The van der Waals surface area contributed by atoms with Gasteiger partial charge in [-0.1, -0.05) is 32.1 Å². The van der Waals surface area contributed by atoms with Gasteiger partial charge in [0.25, 0.3) is 0 Å². The second-order valence-electron chi connectivity index (χ2n) is 6.38. The average Bonchev–Trinajstić information content (AvgIpc) is 2.57. The van der Waals surface area contributed by atoms with Crippen molar-refractivity contribution in [1.82, 2.24) is 20.9 Å². The minimum Gasteiger partial charge on any atom is -0.314 e. The van der Waals surface area contributed by atoms with E-state index in [-0.39, 0.29) is 0 Å². The zero-order valence-corrected chi connectivity index (χ0v) is 13.1. The van der Waals surface area contributed by atoms with E-state index in [2.05, 4.69) is 20.9 Å². The smallest absolute Gasteiger partial charge is 0.0107 e. The number of hydrogen-bond donors (Lipinski definition) is 3. The van der Waals surface area contributed by atoms with E-state index in [4.69, 9.17) is 0 Å². The first-order valence-corrected chi connectivity index (χ1v) is 8.79. The molecule has 0 amide bonds. The lowest BCUT2D eigenvalue weighted by atomic mass is 9.87. The second-order valence-corrected chi connectivity index (χ2v) is 6.38. The summed E-state index contributed by atoms with van der Waals surface area (Å²) >= 11 is 0. The number of piperazine rings is 2. The molecule has 0 bridgehead atoms. The van der Waals surface area contributed by atoms with Crippen molar-refractivity contribution in [2.24, 2.45) is 5.92 Å². The Morgan fingerprint density at radius 3 is 1.80 bits per heavy atom. The number of hydrogen-bond acceptors (Lipinski definition) is 4. The fraction of sp³-hybridized carbons (Fsp3) is 1.00. The van der Waals surface area contributed by atoms with Crippen LogP contribution in [0, 0.1) is 5.92 Å². The molecule has 0 radical (unpaired) electrons. The van der Waals surface area contributed by atoms with Crippen molar-refractivity contribution < 1.29 is 0 Å². The van der Waals surface area contributed by atoms with Gasteiger partial charge in [0.2, 0.25) is 0 Å². The lowest BCUT2D eigenvalue weighted by molar-refractivity contribution is 0.210. The minimum absolute atomic E-state index is 1.05. The van der Waals surface area contributed by atoms with Gasteiger partial charge in [0.1, 0.15) is 0 Å². The summed E-state index contributed by atoms with van der Waals surface area (Å²) in [5.41, 5.74) is 0. The van der Waals surface area contributed by atoms with Gasteiger partial charge in [0.05, 0.1) is 0 Å². The third kappa shape index (κ3) is 7.02. The molecule has 0 unspecified atom stereocenters. The highest BCUT2D eigenvalue weighted by Gasteiger charge is 2.15. The van der Waals surface area contributed by atoms with Crippen LogP contribution in [-0.4, -0.2) is 63.8 Å². The summed E-state index contributed by atoms with van der Waals surface area (Å²) in [5.74, 6) is 1.05. The Balaban J connectivity index is 0.000000205. The Labute approximate surface area is 125 Å². The topological polar surface area (TPSA) is 39.3 Å². The van der Waals surface area contributed by atoms with Crippen molar-refractivity contribution >= 4 is 0 Å². The monoisotopic (exact) mass is 282 g/mol. The Bertz CT molecular complexity index is 189. The quantitative estimate of drug-likeness (QED) is 0.723. The molecule has 2 saturated heterocycles. The van der Waals surface area contributed by atoms with E-state index in [1.807, 2.05) is 0 Å². The van der Waals surface area contributed by atoms with Crippen LogP contribution in [0.5, 0.6) is 0 Å². The molecule has 3 aliphatic rings. The lowest BCUT2D eigenvalue weighted by Gasteiger charge is -2.29. The predicted molar refractivity (Wildman–Crippen MR) is 86.2 cm³/mol. The molecule has 4 nitrogen and oxygen atoms in total. The maximum Gasteiger partial charge on any atom is 0.0107 e. The van der Waals surface area contributed by atoms with Gasteiger partial charge in [-0.15, -0.1) is 0 Å². The molecule has 2 heterocycles. The van der Waals surface area contributed by atoms with E-state index in [9.17, 15) is 0 Å². The van der Waals surface area contributed by atoms with Crippen LogP contribution in [0.4, 0.5) is 0 Å². The minimum atomic E-state index is 1.05. The summed E-state index contributed by atoms with van der Waals surface area (Å²) in [6.07, 6.45) is 8.95. The fourth-order valence-corrected chi connectivity index (χ4v) is 3.38. The summed E-state index contributed by atoms with van der Waals surface area (Å²) in [5, 5.41) is 9.86. The Hall–Kier alpha value is -0.160. The van der Waals surface area contributed by atoms with Gasteiger partial charge < -0.3 is 20.9 Å². The molecule has 3 fully saturated rings. The van der Waals surface area contributed by atoms with Gasteiger partial charge in [-0.2, -0.15) is 0 Å². The van der Waals surface area contributed by atoms with Crippen molar-refractivity contribution in [3.8, 4) is 0 Å². The number of nitrogens with one attached hydrogen (secondary N) is 3. The number of rotatable bonds is 3. The summed E-state index contributed by atoms with van der Waals surface area (Å²) in [4.78, 5) is 2.63. The van der Waals surface area contributed by atoms with Crippen LogP contribution in [0.1, 0.15) is 38.5 Å². The van der Waals surface area contributed by atoms with Crippen molar-refractivity contribution in [1.29, 1.82) is 0 Å². The maximum absolute atomic E-state index is 3.41. The van der Waals surface area contributed by atoms with E-state index in [0.717, 1.165) is 32.1 Å². The fourth-order valence-electron chi connectivity index (χ4n) is 3.38. The highest BCUT2D eigenvalue weighted by Crippen LogP contribution is 2.26. The first kappa shape index (κ1) is 16.2. The van der Waals surface area contributed by atoms with Crippen molar-refractivity contribution in [3.05, 3.63) is 0 Å². The molecule has 20 heavy (non-hydrogen) atoms. The standard InChI is InChI=1S/C12H24N2.C4H10N2/c1-2-4-12(5-3-1)6-9-14-10-7-13-8-11-14;1-2-6-4-3-5-1/h12-13H,1-11H2;5-6H,1-4H2. The van der Waals surface area contributed by atoms with Gasteiger partial charge in [-0.05, 0) is 18.9 Å². The van der Waals surface area contributed by atoms with Crippen molar-refractivity contribution in [3.63, 3.8) is 0 Å². The lowest BCUT2D eigenvalue weighted by Crippen LogP contribution is -2.44. The van der Waals surface area contributed by atoms with Crippen LogP contribution < -0.4 is 16.0 Å². The van der Waals surface area contributed by atoms with Gasteiger partial charge in [-0.3, -0.25) is 0 Å². The third-order valence-corrected chi connectivity index (χ3v) is 4.75. The highest BCUT2D eigenvalue weighted by molar-refractivity contribution is 4.71. The third-order valence-electron chi connectivity index (χ3n) is 4.75. The molecule has 0 atom stereocenters. The number of nitrogens with zero attached hydrogens (tertiary/aromatic N) is 1.